The van der Waals surface area contributed by atoms with Crippen LogP contribution in [-0.4, -0.2) is 28.0 Å². The predicted molar refractivity (Wildman–Crippen MR) is 58.5 cm³/mol. The van der Waals surface area contributed by atoms with E-state index in [1.807, 2.05) is 6.92 Å². The van der Waals surface area contributed by atoms with Crippen LogP contribution in [0.1, 0.15) is 18.9 Å². The van der Waals surface area contributed by atoms with Crippen LogP contribution in [0.15, 0.2) is 23.2 Å². The number of aromatic hydroxyl groups is 2. The Morgan fingerprint density at radius 2 is 2.12 bits per heavy atom. The minimum absolute atomic E-state index is 0.134. The van der Waals surface area contributed by atoms with Gasteiger partial charge >= 0.3 is 0 Å². The highest BCUT2D eigenvalue weighted by molar-refractivity contribution is 6.13. The lowest BCUT2D eigenvalue weighted by Gasteiger charge is -2.02. The number of hydrogen-bond donors (Lipinski definition) is 3. The number of rotatable bonds is 2. The number of nitrogens with zero attached hydrogens (tertiary/aromatic N) is 1. The Bertz CT molecular complexity index is 468. The topological polar surface area (TPSA) is 81.9 Å². The van der Waals surface area contributed by atoms with E-state index in [1.165, 1.54) is 12.1 Å². The first-order valence-electron chi connectivity index (χ1n) is 5.03. The van der Waals surface area contributed by atoms with Gasteiger partial charge in [-0.3, -0.25) is 9.79 Å². The zero-order valence-corrected chi connectivity index (χ0v) is 8.77. The lowest BCUT2D eigenvalue weighted by atomic mass is 10.2. The molecule has 0 spiro atoms. The summed E-state index contributed by atoms with van der Waals surface area (Å²) in [4.78, 5) is 15.6. The molecule has 0 aliphatic carbocycles. The molecule has 1 aromatic carbocycles. The van der Waals surface area contributed by atoms with E-state index in [0.717, 1.165) is 0 Å². The fourth-order valence-electron chi connectivity index (χ4n) is 1.54. The molecule has 1 aromatic rings. The molecular formula is C11H12N2O3. The molecule has 3 N–H and O–H groups in total. The van der Waals surface area contributed by atoms with Crippen LogP contribution in [0, 0.1) is 0 Å². The Hall–Kier alpha value is -2.04. The Labute approximate surface area is 92.4 Å². The van der Waals surface area contributed by atoms with E-state index in [2.05, 4.69) is 10.3 Å². The normalized spacial score (nSPS) is 19.4. The third-order valence-electron chi connectivity index (χ3n) is 2.46. The molecule has 2 rings (SSSR count). The summed E-state index contributed by atoms with van der Waals surface area (Å²) in [6.45, 7) is 1.88. The highest BCUT2D eigenvalue weighted by atomic mass is 16.3. The van der Waals surface area contributed by atoms with E-state index in [1.54, 1.807) is 6.07 Å². The van der Waals surface area contributed by atoms with Gasteiger partial charge in [0.15, 0.2) is 11.5 Å². The van der Waals surface area contributed by atoms with Gasteiger partial charge in [0, 0.05) is 5.56 Å². The number of benzene rings is 1. The highest BCUT2D eigenvalue weighted by Gasteiger charge is 2.25. The zero-order chi connectivity index (χ0) is 11.7. The van der Waals surface area contributed by atoms with Gasteiger partial charge in [-0.2, -0.15) is 0 Å². The van der Waals surface area contributed by atoms with E-state index >= 15 is 0 Å². The Morgan fingerprint density at radius 1 is 1.38 bits per heavy atom. The monoisotopic (exact) mass is 220 g/mol. The summed E-state index contributed by atoms with van der Waals surface area (Å²) in [7, 11) is 0. The van der Waals surface area contributed by atoms with Crippen LogP contribution in [0.2, 0.25) is 0 Å². The van der Waals surface area contributed by atoms with Crippen LogP contribution < -0.4 is 5.32 Å². The van der Waals surface area contributed by atoms with Gasteiger partial charge in [-0.25, -0.2) is 0 Å². The third kappa shape index (κ3) is 1.71. The van der Waals surface area contributed by atoms with Gasteiger partial charge < -0.3 is 15.5 Å². The van der Waals surface area contributed by atoms with Crippen molar-refractivity contribution < 1.29 is 15.0 Å². The van der Waals surface area contributed by atoms with Crippen LogP contribution in [0.3, 0.4) is 0 Å². The molecule has 16 heavy (non-hydrogen) atoms. The number of phenolic OH excluding ortho intramolecular Hbond substituents is 2. The van der Waals surface area contributed by atoms with Crippen LogP contribution in [-0.2, 0) is 4.79 Å². The van der Waals surface area contributed by atoms with E-state index in [4.69, 9.17) is 5.11 Å². The maximum Gasteiger partial charge on any atom is 0.250 e. The fraction of sp³-hybridized carbons (Fsp3) is 0.273. The lowest BCUT2D eigenvalue weighted by molar-refractivity contribution is -0.120. The van der Waals surface area contributed by atoms with Crippen molar-refractivity contribution in [2.45, 2.75) is 19.4 Å². The Balaban J connectivity index is 2.32. The molecule has 1 unspecified atom stereocenters. The zero-order valence-electron chi connectivity index (χ0n) is 8.77. The minimum atomic E-state index is -0.356. The van der Waals surface area contributed by atoms with Crippen molar-refractivity contribution in [1.29, 1.82) is 0 Å². The van der Waals surface area contributed by atoms with Crippen molar-refractivity contribution in [3.63, 3.8) is 0 Å². The van der Waals surface area contributed by atoms with Gasteiger partial charge in [-0.15, -0.1) is 0 Å². The molecule has 0 radical (unpaired) electrons. The second kappa shape index (κ2) is 3.84. The summed E-state index contributed by atoms with van der Waals surface area (Å²) in [6, 6.07) is 3.96. The first kappa shape index (κ1) is 10.5. The number of carbonyl (C=O) groups excluding carboxylic acids is 1. The molecule has 0 saturated heterocycles. The minimum Gasteiger partial charge on any atom is -0.504 e. The molecule has 0 aromatic heterocycles. The number of nitrogens with one attached hydrogen (secondary N) is 1. The van der Waals surface area contributed by atoms with Crippen LogP contribution in [0.25, 0.3) is 0 Å². The van der Waals surface area contributed by atoms with Crippen LogP contribution in [0.4, 0.5) is 0 Å². The number of carbonyl (C=O) groups is 1. The lowest BCUT2D eigenvalue weighted by Crippen LogP contribution is -2.28. The number of phenols is 2. The molecular weight excluding hydrogens is 208 g/mol. The largest absolute Gasteiger partial charge is 0.504 e. The Morgan fingerprint density at radius 3 is 2.69 bits per heavy atom. The van der Waals surface area contributed by atoms with Crippen LogP contribution >= 0.6 is 0 Å². The van der Waals surface area contributed by atoms with E-state index < -0.39 is 0 Å². The first-order valence-corrected chi connectivity index (χ1v) is 5.03. The van der Waals surface area contributed by atoms with Crippen molar-refractivity contribution in [2.75, 3.05) is 0 Å². The van der Waals surface area contributed by atoms with E-state index in [9.17, 15) is 9.90 Å². The summed E-state index contributed by atoms with van der Waals surface area (Å²) in [5.41, 5.74) is 0.583. The maximum atomic E-state index is 11.4. The molecule has 0 fully saturated rings. The molecule has 1 aliphatic rings. The standard InChI is InChI=1S/C11H12N2O3/c1-2-7-11(16)13-10(12-7)6-3-4-8(14)9(15)5-6/h3-5,7,14-15H,2H2,1H3,(H,12,13,16). The third-order valence-corrected chi connectivity index (χ3v) is 2.46. The summed E-state index contributed by atoms with van der Waals surface area (Å²) < 4.78 is 0. The van der Waals surface area contributed by atoms with E-state index in [0.29, 0.717) is 17.8 Å². The first-order chi connectivity index (χ1) is 7.61. The SMILES string of the molecule is CCC1N=C(c2ccc(O)c(O)c2)NC1=O. The number of amidine groups is 1. The Kier molecular flexibility index (Phi) is 2.52. The smallest absolute Gasteiger partial charge is 0.250 e. The molecule has 1 amide bonds. The van der Waals surface area contributed by atoms with Gasteiger partial charge in [-0.1, -0.05) is 6.92 Å². The second-order valence-corrected chi connectivity index (χ2v) is 3.59. The predicted octanol–water partition coefficient (Wildman–Crippen LogP) is 0.753. The summed E-state index contributed by atoms with van der Waals surface area (Å²) >= 11 is 0. The fourth-order valence-corrected chi connectivity index (χ4v) is 1.54. The number of amides is 1. The average molecular weight is 220 g/mol. The van der Waals surface area contributed by atoms with Crippen molar-refractivity contribution >= 4 is 11.7 Å². The molecule has 0 saturated carbocycles. The van der Waals surface area contributed by atoms with Crippen molar-refractivity contribution in [3.05, 3.63) is 23.8 Å². The van der Waals surface area contributed by atoms with E-state index in [-0.39, 0.29) is 23.4 Å². The molecule has 0 bridgehead atoms. The summed E-state index contributed by atoms with van der Waals surface area (Å²) in [5.74, 6) is -0.118. The number of aliphatic imine (C=N–C) groups is 1. The maximum absolute atomic E-state index is 11.4. The molecule has 1 aliphatic heterocycles. The van der Waals surface area contributed by atoms with Crippen molar-refractivity contribution in [3.8, 4) is 11.5 Å². The van der Waals surface area contributed by atoms with Gasteiger partial charge in [0.2, 0.25) is 5.91 Å². The van der Waals surface area contributed by atoms with Crippen molar-refractivity contribution in [1.82, 2.24) is 5.32 Å². The van der Waals surface area contributed by atoms with Gasteiger partial charge in [0.05, 0.1) is 0 Å². The molecule has 1 heterocycles. The van der Waals surface area contributed by atoms with Gasteiger partial charge in [-0.05, 0) is 24.6 Å². The summed E-state index contributed by atoms with van der Waals surface area (Å²) in [6.07, 6.45) is 0.638. The van der Waals surface area contributed by atoms with Gasteiger partial charge in [0.1, 0.15) is 11.9 Å². The molecule has 1 atom stereocenters. The second-order valence-electron chi connectivity index (χ2n) is 3.59. The molecule has 5 nitrogen and oxygen atoms in total. The van der Waals surface area contributed by atoms with Crippen molar-refractivity contribution in [2.24, 2.45) is 4.99 Å². The average Bonchev–Trinajstić information content (AvgIpc) is 2.64. The molecule has 5 heteroatoms. The summed E-state index contributed by atoms with van der Waals surface area (Å²) in [5, 5.41) is 21.1. The molecule has 84 valence electrons. The van der Waals surface area contributed by atoms with Gasteiger partial charge in [0.25, 0.3) is 0 Å². The quantitative estimate of drug-likeness (QED) is 0.643. The van der Waals surface area contributed by atoms with Crippen LogP contribution in [0.5, 0.6) is 11.5 Å². The number of hydrogen-bond acceptors (Lipinski definition) is 4. The highest BCUT2D eigenvalue weighted by Crippen LogP contribution is 2.25.